The van der Waals surface area contributed by atoms with Crippen LogP contribution in [0.4, 0.5) is 5.69 Å². The highest BCUT2D eigenvalue weighted by Gasteiger charge is 2.31. The van der Waals surface area contributed by atoms with Crippen LogP contribution in [0.25, 0.3) is 0 Å². The van der Waals surface area contributed by atoms with Crippen LogP contribution >= 0.6 is 11.6 Å². The molecule has 1 amide bonds. The minimum Gasteiger partial charge on any atom is -0.372 e. The van der Waals surface area contributed by atoms with Crippen molar-refractivity contribution in [2.24, 2.45) is 5.92 Å². The molecule has 2 heterocycles. The smallest absolute Gasteiger partial charge is 0.223 e. The largest absolute Gasteiger partial charge is 0.372 e. The van der Waals surface area contributed by atoms with Gasteiger partial charge < -0.3 is 10.2 Å². The molecule has 2 aliphatic heterocycles. The first kappa shape index (κ1) is 23.1. The molecular weight excluding hydrogens is 446 g/mol. The number of nitrogens with one attached hydrogen (secondary N) is 1. The predicted octanol–water partition coefficient (Wildman–Crippen LogP) is 3.80. The molecule has 2 aromatic rings. The first-order chi connectivity index (χ1) is 15.4. The van der Waals surface area contributed by atoms with Crippen molar-refractivity contribution in [2.45, 2.75) is 38.0 Å². The maximum Gasteiger partial charge on any atom is 0.223 e. The molecule has 2 aromatic carbocycles. The first-order valence-corrected chi connectivity index (χ1v) is 13.2. The lowest BCUT2D eigenvalue weighted by atomic mass is 9.97. The van der Waals surface area contributed by atoms with Crippen molar-refractivity contribution in [1.29, 1.82) is 0 Å². The number of piperidine rings is 1. The van der Waals surface area contributed by atoms with E-state index in [2.05, 4.69) is 34.5 Å². The first-order valence-electron chi connectivity index (χ1n) is 11.3. The summed E-state index contributed by atoms with van der Waals surface area (Å²) < 4.78 is 27.0. The van der Waals surface area contributed by atoms with E-state index >= 15 is 0 Å². The van der Waals surface area contributed by atoms with E-state index in [-0.39, 0.29) is 17.6 Å². The number of rotatable bonds is 7. The normalized spacial score (nSPS) is 18.1. The second kappa shape index (κ2) is 10.2. The van der Waals surface area contributed by atoms with E-state index < -0.39 is 10.0 Å². The molecule has 8 heteroatoms. The van der Waals surface area contributed by atoms with Crippen LogP contribution in [-0.2, 0) is 27.1 Å². The number of hydrogen-bond acceptors (Lipinski definition) is 4. The van der Waals surface area contributed by atoms with Crippen LogP contribution in [0.1, 0.15) is 36.8 Å². The molecule has 0 bridgehead atoms. The summed E-state index contributed by atoms with van der Waals surface area (Å²) in [5, 5.41) is 3.48. The molecule has 32 heavy (non-hydrogen) atoms. The van der Waals surface area contributed by atoms with Crippen LogP contribution < -0.4 is 10.2 Å². The number of carbonyl (C=O) groups excluding carboxylic acids is 1. The average Bonchev–Trinajstić information content (AvgIpc) is 3.34. The van der Waals surface area contributed by atoms with Gasteiger partial charge in [0.2, 0.25) is 15.9 Å². The minimum absolute atomic E-state index is 0.00299. The summed E-state index contributed by atoms with van der Waals surface area (Å²) in [6.45, 7) is 3.43. The van der Waals surface area contributed by atoms with Crippen LogP contribution in [0.2, 0.25) is 5.02 Å². The standard InChI is InChI=1S/C24H30ClN3O3S/c25-23-6-2-1-5-21(23)18-32(30,31)28-15-11-20(12-16-28)24(29)26-17-19-7-9-22(10-8-19)27-13-3-4-14-27/h1-2,5-10,20H,3-4,11-18H2,(H,26,29). The molecule has 0 atom stereocenters. The van der Waals surface area contributed by atoms with E-state index in [1.165, 1.54) is 22.8 Å². The molecule has 0 saturated carbocycles. The Morgan fingerprint density at radius 1 is 0.969 bits per heavy atom. The van der Waals surface area contributed by atoms with E-state index in [1.54, 1.807) is 24.3 Å². The summed E-state index contributed by atoms with van der Waals surface area (Å²) in [4.78, 5) is 15.0. The number of nitrogens with zero attached hydrogens (tertiary/aromatic N) is 2. The summed E-state index contributed by atoms with van der Waals surface area (Å²) in [7, 11) is -3.46. The van der Waals surface area contributed by atoms with Gasteiger partial charge in [0, 0.05) is 49.4 Å². The molecule has 0 aromatic heterocycles. The Morgan fingerprint density at radius 3 is 2.28 bits per heavy atom. The van der Waals surface area contributed by atoms with Crippen molar-refractivity contribution in [1.82, 2.24) is 9.62 Å². The maximum atomic E-state index is 12.8. The quantitative estimate of drug-likeness (QED) is 0.661. The lowest BCUT2D eigenvalue weighted by Gasteiger charge is -2.30. The Morgan fingerprint density at radius 2 is 1.62 bits per heavy atom. The third kappa shape index (κ3) is 5.63. The number of amides is 1. The predicted molar refractivity (Wildman–Crippen MR) is 128 cm³/mol. The second-order valence-corrected chi connectivity index (χ2v) is 11.0. The Hall–Kier alpha value is -2.09. The lowest BCUT2D eigenvalue weighted by molar-refractivity contribution is -0.126. The molecule has 172 valence electrons. The molecule has 0 spiro atoms. The van der Waals surface area contributed by atoms with E-state index in [4.69, 9.17) is 11.6 Å². The van der Waals surface area contributed by atoms with Crippen LogP contribution in [0, 0.1) is 5.92 Å². The van der Waals surface area contributed by atoms with Crippen LogP contribution in [0.15, 0.2) is 48.5 Å². The zero-order chi connectivity index (χ0) is 22.6. The Balaban J connectivity index is 1.25. The summed E-state index contributed by atoms with van der Waals surface area (Å²) in [5.41, 5.74) is 2.91. The molecule has 0 unspecified atom stereocenters. The molecule has 2 aliphatic rings. The Kier molecular flexibility index (Phi) is 7.38. The summed E-state index contributed by atoms with van der Waals surface area (Å²) >= 11 is 6.12. The SMILES string of the molecule is O=C(NCc1ccc(N2CCCC2)cc1)C1CCN(S(=O)(=O)Cc2ccccc2Cl)CC1. The summed E-state index contributed by atoms with van der Waals surface area (Å²) in [6, 6.07) is 15.4. The van der Waals surface area contributed by atoms with Gasteiger partial charge in [-0.2, -0.15) is 0 Å². The van der Waals surface area contributed by atoms with E-state index in [0.29, 0.717) is 43.1 Å². The minimum atomic E-state index is -3.46. The van der Waals surface area contributed by atoms with Crippen molar-refractivity contribution in [3.8, 4) is 0 Å². The van der Waals surface area contributed by atoms with E-state index in [0.717, 1.165) is 18.7 Å². The van der Waals surface area contributed by atoms with Gasteiger partial charge in [-0.3, -0.25) is 4.79 Å². The third-order valence-corrected chi connectivity index (χ3v) is 8.58. The average molecular weight is 476 g/mol. The van der Waals surface area contributed by atoms with Crippen LogP contribution in [0.3, 0.4) is 0 Å². The second-order valence-electron chi connectivity index (χ2n) is 8.60. The molecule has 6 nitrogen and oxygen atoms in total. The topological polar surface area (TPSA) is 69.7 Å². The van der Waals surface area contributed by atoms with Gasteiger partial charge in [0.05, 0.1) is 5.75 Å². The van der Waals surface area contributed by atoms with Crippen molar-refractivity contribution >= 4 is 33.2 Å². The molecule has 2 saturated heterocycles. The van der Waals surface area contributed by atoms with Crippen molar-refractivity contribution in [3.63, 3.8) is 0 Å². The van der Waals surface area contributed by atoms with Gasteiger partial charge in [-0.25, -0.2) is 12.7 Å². The fourth-order valence-corrected chi connectivity index (χ4v) is 6.31. The van der Waals surface area contributed by atoms with Gasteiger partial charge in [0.25, 0.3) is 0 Å². The van der Waals surface area contributed by atoms with Gasteiger partial charge in [-0.15, -0.1) is 0 Å². The number of benzene rings is 2. The molecule has 0 aliphatic carbocycles. The molecule has 4 rings (SSSR count). The highest BCUT2D eigenvalue weighted by molar-refractivity contribution is 7.88. The number of carbonyl (C=O) groups is 1. The Bertz CT molecular complexity index is 1030. The van der Waals surface area contributed by atoms with Gasteiger partial charge >= 0.3 is 0 Å². The molecular formula is C24H30ClN3O3S. The zero-order valence-corrected chi connectivity index (χ0v) is 19.7. The van der Waals surface area contributed by atoms with Crippen LogP contribution in [0.5, 0.6) is 0 Å². The van der Waals surface area contributed by atoms with Gasteiger partial charge in [-0.05, 0) is 55.0 Å². The summed E-state index contributed by atoms with van der Waals surface area (Å²) in [6.07, 6.45) is 3.55. The molecule has 0 radical (unpaired) electrons. The fourth-order valence-electron chi connectivity index (χ4n) is 4.43. The fraction of sp³-hybridized carbons (Fsp3) is 0.458. The van der Waals surface area contributed by atoms with Crippen molar-refractivity contribution in [3.05, 3.63) is 64.7 Å². The highest BCUT2D eigenvalue weighted by Crippen LogP contribution is 2.25. The number of anilines is 1. The number of sulfonamides is 1. The monoisotopic (exact) mass is 475 g/mol. The Labute approximate surface area is 195 Å². The van der Waals surface area contributed by atoms with Crippen LogP contribution in [-0.4, -0.2) is 44.8 Å². The van der Waals surface area contributed by atoms with E-state index in [9.17, 15) is 13.2 Å². The van der Waals surface area contributed by atoms with E-state index in [1.807, 2.05) is 0 Å². The van der Waals surface area contributed by atoms with Crippen molar-refractivity contribution in [2.75, 3.05) is 31.1 Å². The third-order valence-electron chi connectivity index (χ3n) is 6.39. The van der Waals surface area contributed by atoms with Gasteiger partial charge in [0.1, 0.15) is 0 Å². The number of hydrogen-bond donors (Lipinski definition) is 1. The van der Waals surface area contributed by atoms with Gasteiger partial charge in [0.15, 0.2) is 0 Å². The lowest BCUT2D eigenvalue weighted by Crippen LogP contribution is -2.43. The molecule has 1 N–H and O–H groups in total. The maximum absolute atomic E-state index is 12.8. The number of halogens is 1. The highest BCUT2D eigenvalue weighted by atomic mass is 35.5. The summed E-state index contributed by atoms with van der Waals surface area (Å²) in [5.74, 6) is -0.279. The zero-order valence-electron chi connectivity index (χ0n) is 18.2. The van der Waals surface area contributed by atoms with Crippen molar-refractivity contribution < 1.29 is 13.2 Å². The van der Waals surface area contributed by atoms with Gasteiger partial charge in [-0.1, -0.05) is 41.9 Å². The molecule has 2 fully saturated rings.